The fourth-order valence-corrected chi connectivity index (χ4v) is 2.04. The van der Waals surface area contributed by atoms with Crippen LogP contribution in [0.5, 0.6) is 0 Å². The summed E-state index contributed by atoms with van der Waals surface area (Å²) >= 11 is 6.06. The second-order valence-corrected chi connectivity index (χ2v) is 4.55. The maximum atomic E-state index is 11.9. The molecule has 1 aromatic heterocycles. The first-order valence-corrected chi connectivity index (χ1v) is 6.25. The number of ether oxygens (including phenoxy) is 2. The van der Waals surface area contributed by atoms with Gasteiger partial charge in [0.25, 0.3) is 0 Å². The van der Waals surface area contributed by atoms with Crippen LogP contribution < -0.4 is 0 Å². The van der Waals surface area contributed by atoms with Gasteiger partial charge < -0.3 is 9.47 Å². The summed E-state index contributed by atoms with van der Waals surface area (Å²) < 4.78 is 10.1. The summed E-state index contributed by atoms with van der Waals surface area (Å²) in [5.74, 6) is -0.503. The third-order valence-electron chi connectivity index (χ3n) is 2.61. The lowest BCUT2D eigenvalue weighted by Crippen LogP contribution is -2.20. The van der Waals surface area contributed by atoms with Crippen molar-refractivity contribution >= 4 is 28.3 Å². The van der Waals surface area contributed by atoms with Crippen LogP contribution in [0.4, 0.5) is 0 Å². The Labute approximate surface area is 116 Å². The molecule has 1 heterocycles. The number of carbonyl (C=O) groups is 1. The van der Waals surface area contributed by atoms with Gasteiger partial charge in [0, 0.05) is 12.5 Å². The van der Waals surface area contributed by atoms with Gasteiger partial charge in [-0.05, 0) is 18.4 Å². The number of fused-ring (bicyclic) bond motifs is 1. The molecule has 0 N–H and O–H groups in total. The van der Waals surface area contributed by atoms with Crippen LogP contribution in [0.1, 0.15) is 17.4 Å². The average Bonchev–Trinajstić information content (AvgIpc) is 2.39. The van der Waals surface area contributed by atoms with E-state index in [-0.39, 0.29) is 11.8 Å². The number of hydrogen-bond donors (Lipinski definition) is 0. The maximum absolute atomic E-state index is 11.9. The second-order valence-electron chi connectivity index (χ2n) is 4.19. The molecule has 0 spiro atoms. The zero-order valence-electron chi connectivity index (χ0n) is 10.7. The van der Waals surface area contributed by atoms with Gasteiger partial charge in [-0.25, -0.2) is 9.78 Å². The highest BCUT2D eigenvalue weighted by atomic mass is 35.5. The van der Waals surface area contributed by atoms with E-state index in [1.165, 1.54) is 0 Å². The predicted octanol–water partition coefficient (Wildman–Crippen LogP) is 3.08. The Morgan fingerprint density at radius 1 is 1.42 bits per heavy atom. The van der Waals surface area contributed by atoms with Gasteiger partial charge in [0.1, 0.15) is 11.3 Å². The van der Waals surface area contributed by atoms with Crippen LogP contribution in [0.15, 0.2) is 30.3 Å². The first-order valence-electron chi connectivity index (χ1n) is 5.87. The zero-order chi connectivity index (χ0) is 13.8. The second kappa shape index (κ2) is 5.99. The largest absolute Gasteiger partial charge is 0.455 e. The molecule has 0 aliphatic carbocycles. The number of rotatable bonds is 4. The fourth-order valence-electron chi connectivity index (χ4n) is 1.77. The van der Waals surface area contributed by atoms with Crippen molar-refractivity contribution in [3.63, 3.8) is 0 Å². The van der Waals surface area contributed by atoms with Crippen LogP contribution in [0.3, 0.4) is 0 Å². The summed E-state index contributed by atoms with van der Waals surface area (Å²) in [5, 5.41) is 1.96. The minimum Gasteiger partial charge on any atom is -0.455 e. The molecule has 0 aliphatic heterocycles. The monoisotopic (exact) mass is 279 g/mol. The zero-order valence-corrected chi connectivity index (χ0v) is 11.5. The molecular formula is C14H14ClNO3. The number of methoxy groups -OCH3 is 1. The number of carbonyl (C=O) groups excluding carboxylic acids is 1. The molecule has 0 saturated carbocycles. The summed E-state index contributed by atoms with van der Waals surface area (Å²) in [6, 6.07) is 9.14. The van der Waals surface area contributed by atoms with Gasteiger partial charge in [-0.15, -0.1) is 0 Å². The van der Waals surface area contributed by atoms with Gasteiger partial charge >= 0.3 is 5.97 Å². The van der Waals surface area contributed by atoms with Crippen molar-refractivity contribution in [2.24, 2.45) is 0 Å². The summed E-state index contributed by atoms with van der Waals surface area (Å²) in [6.45, 7) is 2.09. The van der Waals surface area contributed by atoms with Gasteiger partial charge in [0.2, 0.25) is 0 Å². The molecule has 1 aromatic carbocycles. The van der Waals surface area contributed by atoms with Gasteiger partial charge in [-0.3, -0.25) is 0 Å². The molecule has 5 heteroatoms. The lowest BCUT2D eigenvalue weighted by Gasteiger charge is -2.12. The Hall–Kier alpha value is -1.65. The number of aromatic nitrogens is 1. The molecule has 0 fully saturated rings. The van der Waals surface area contributed by atoms with E-state index >= 15 is 0 Å². The minimum atomic E-state index is -0.503. The highest BCUT2D eigenvalue weighted by Gasteiger charge is 2.15. The molecule has 0 saturated heterocycles. The van der Waals surface area contributed by atoms with E-state index in [1.807, 2.05) is 24.3 Å². The van der Waals surface area contributed by atoms with Crippen molar-refractivity contribution in [2.45, 2.75) is 13.0 Å². The van der Waals surface area contributed by atoms with E-state index in [9.17, 15) is 4.79 Å². The molecular weight excluding hydrogens is 266 g/mol. The predicted molar refractivity (Wildman–Crippen MR) is 73.5 cm³/mol. The first kappa shape index (κ1) is 13.8. The smallest absolute Gasteiger partial charge is 0.357 e. The van der Waals surface area contributed by atoms with Crippen LogP contribution in [0.2, 0.25) is 5.15 Å². The summed E-state index contributed by atoms with van der Waals surface area (Å²) in [7, 11) is 1.55. The number of esters is 1. The topological polar surface area (TPSA) is 48.4 Å². The van der Waals surface area contributed by atoms with Crippen molar-refractivity contribution < 1.29 is 14.3 Å². The Morgan fingerprint density at radius 2 is 2.16 bits per heavy atom. The van der Waals surface area contributed by atoms with E-state index in [1.54, 1.807) is 20.1 Å². The average molecular weight is 280 g/mol. The van der Waals surface area contributed by atoms with Gasteiger partial charge in [0.15, 0.2) is 5.69 Å². The van der Waals surface area contributed by atoms with Crippen molar-refractivity contribution in [1.29, 1.82) is 0 Å². The van der Waals surface area contributed by atoms with Gasteiger partial charge in [0.05, 0.1) is 6.61 Å². The lowest BCUT2D eigenvalue weighted by molar-refractivity contribution is 0.0114. The Kier molecular flexibility index (Phi) is 4.35. The fraction of sp³-hybridized carbons (Fsp3) is 0.286. The normalized spacial score (nSPS) is 12.4. The summed E-state index contributed by atoms with van der Waals surface area (Å²) in [4.78, 5) is 16.0. The van der Waals surface area contributed by atoms with E-state index < -0.39 is 5.97 Å². The Bertz CT molecular complexity index is 600. The quantitative estimate of drug-likeness (QED) is 0.637. The van der Waals surface area contributed by atoms with E-state index in [0.717, 1.165) is 10.8 Å². The highest BCUT2D eigenvalue weighted by Crippen LogP contribution is 2.22. The van der Waals surface area contributed by atoms with Crippen LogP contribution in [0.25, 0.3) is 10.8 Å². The number of benzene rings is 1. The maximum Gasteiger partial charge on any atom is 0.357 e. The van der Waals surface area contributed by atoms with Crippen molar-refractivity contribution in [3.05, 3.63) is 41.2 Å². The van der Waals surface area contributed by atoms with Gasteiger partial charge in [-0.1, -0.05) is 35.9 Å². The Morgan fingerprint density at radius 3 is 2.89 bits per heavy atom. The van der Waals surface area contributed by atoms with Crippen molar-refractivity contribution in [1.82, 2.24) is 4.98 Å². The summed E-state index contributed by atoms with van der Waals surface area (Å²) in [5.41, 5.74) is 0.201. The van der Waals surface area contributed by atoms with E-state index in [4.69, 9.17) is 21.1 Å². The number of hydrogen-bond acceptors (Lipinski definition) is 4. The van der Waals surface area contributed by atoms with Crippen LogP contribution >= 0.6 is 11.6 Å². The standard InChI is InChI=1S/C14H14ClNO3/c1-9(8-18-2)19-14(17)12-7-10-5-3-4-6-11(10)13(15)16-12/h3-7,9H,8H2,1-2H3. The molecule has 100 valence electrons. The number of halogens is 1. The Balaban J connectivity index is 2.28. The van der Waals surface area contributed by atoms with E-state index in [0.29, 0.717) is 11.8 Å². The minimum absolute atomic E-state index is 0.201. The molecule has 19 heavy (non-hydrogen) atoms. The molecule has 4 nitrogen and oxygen atoms in total. The molecule has 2 rings (SSSR count). The molecule has 2 aromatic rings. The molecule has 0 amide bonds. The van der Waals surface area contributed by atoms with Crippen molar-refractivity contribution in [3.8, 4) is 0 Å². The van der Waals surface area contributed by atoms with Crippen LogP contribution in [-0.4, -0.2) is 30.8 Å². The highest BCUT2D eigenvalue weighted by molar-refractivity contribution is 6.34. The first-order chi connectivity index (χ1) is 9.11. The molecule has 0 bridgehead atoms. The van der Waals surface area contributed by atoms with Crippen molar-refractivity contribution in [2.75, 3.05) is 13.7 Å². The number of pyridine rings is 1. The molecule has 1 unspecified atom stereocenters. The third kappa shape index (κ3) is 3.22. The summed E-state index contributed by atoms with van der Waals surface area (Å²) in [6.07, 6.45) is -0.329. The van der Waals surface area contributed by atoms with E-state index in [2.05, 4.69) is 4.98 Å². The third-order valence-corrected chi connectivity index (χ3v) is 2.90. The number of nitrogens with zero attached hydrogens (tertiary/aromatic N) is 1. The van der Waals surface area contributed by atoms with Crippen LogP contribution in [0, 0.1) is 0 Å². The van der Waals surface area contributed by atoms with Gasteiger partial charge in [-0.2, -0.15) is 0 Å². The van der Waals surface area contributed by atoms with Crippen LogP contribution in [-0.2, 0) is 9.47 Å². The lowest BCUT2D eigenvalue weighted by atomic mass is 10.1. The molecule has 0 radical (unpaired) electrons. The molecule has 0 aliphatic rings. The SMILES string of the molecule is COCC(C)OC(=O)c1cc2ccccc2c(Cl)n1. The molecule has 1 atom stereocenters.